The van der Waals surface area contributed by atoms with Crippen LogP contribution < -0.4 is 0 Å². The van der Waals surface area contributed by atoms with Crippen LogP contribution in [0.1, 0.15) is 30.5 Å². The lowest BCUT2D eigenvalue weighted by molar-refractivity contribution is -0.134. The van der Waals surface area contributed by atoms with Gasteiger partial charge in [-0.15, -0.1) is 0 Å². The highest BCUT2D eigenvalue weighted by Crippen LogP contribution is 2.47. The number of carboxylic acids is 1. The second-order valence-electron chi connectivity index (χ2n) is 6.20. The van der Waals surface area contributed by atoms with Crippen LogP contribution in [0.2, 0.25) is 0 Å². The Morgan fingerprint density at radius 3 is 1.11 bits per heavy atom. The summed E-state index contributed by atoms with van der Waals surface area (Å²) in [5.74, 6) is -0.496. The molecule has 0 saturated carbocycles. The number of carboxylic acid groups (broad SMARTS) is 1. The Morgan fingerprint density at radius 1 is 0.667 bits per heavy atom. The van der Waals surface area contributed by atoms with Gasteiger partial charge >= 0.3 is 0 Å². The molecule has 5 nitrogen and oxygen atoms in total. The zero-order valence-electron chi connectivity index (χ0n) is 15.1. The van der Waals surface area contributed by atoms with E-state index < -0.39 is 11.4 Å². The van der Waals surface area contributed by atoms with Crippen LogP contribution in [0.15, 0.2) is 72.8 Å². The quantitative estimate of drug-likeness (QED) is 0.520. The number of hydrogen-bond donors (Lipinski definition) is 4. The van der Waals surface area contributed by atoms with E-state index >= 15 is 0 Å². The van der Waals surface area contributed by atoms with Gasteiger partial charge in [-0.2, -0.15) is 0 Å². The Bertz CT molecular complexity index is 818. The maximum absolute atomic E-state index is 10.4. The molecule has 3 aromatic rings. The summed E-state index contributed by atoms with van der Waals surface area (Å²) in [6.07, 6.45) is 0. The molecule has 0 amide bonds. The topological polar surface area (TPSA) is 98.0 Å². The molecule has 5 heteroatoms. The minimum absolute atomic E-state index is 0.113. The second-order valence-corrected chi connectivity index (χ2v) is 6.20. The SMILES string of the molecule is CC(=O)O.CC(c1ccccc1O)(c1ccccc1O)c1ccccc1O. The number of para-hydroxylation sites is 3. The number of phenols is 3. The zero-order valence-corrected chi connectivity index (χ0v) is 15.1. The lowest BCUT2D eigenvalue weighted by Crippen LogP contribution is -2.25. The van der Waals surface area contributed by atoms with Crippen molar-refractivity contribution in [2.45, 2.75) is 19.3 Å². The third kappa shape index (κ3) is 4.20. The molecule has 0 saturated heterocycles. The van der Waals surface area contributed by atoms with Gasteiger partial charge in [-0.05, 0) is 25.1 Å². The van der Waals surface area contributed by atoms with Crippen molar-refractivity contribution in [2.24, 2.45) is 0 Å². The predicted octanol–water partition coefficient (Wildman–Crippen LogP) is 4.25. The standard InChI is InChI=1S/C20H18O3.C2H4O2/c1-20(14-8-2-5-11-17(14)21,15-9-3-6-12-18(15)22)16-10-4-7-13-19(16)23;1-2(3)4/h2-13,21-23H,1H3;1H3,(H,3,4). The summed E-state index contributed by atoms with van der Waals surface area (Å²) in [6.45, 7) is 2.96. The molecule has 0 atom stereocenters. The van der Waals surface area contributed by atoms with Gasteiger partial charge in [0.05, 0.1) is 5.41 Å². The monoisotopic (exact) mass is 366 g/mol. The number of carbonyl (C=O) groups is 1. The van der Waals surface area contributed by atoms with Gasteiger partial charge < -0.3 is 20.4 Å². The fourth-order valence-electron chi connectivity index (χ4n) is 3.12. The first-order valence-corrected chi connectivity index (χ1v) is 8.33. The van der Waals surface area contributed by atoms with E-state index in [1.165, 1.54) is 0 Å². The molecule has 0 aliphatic carbocycles. The minimum atomic E-state index is -0.901. The van der Waals surface area contributed by atoms with Gasteiger partial charge in [-0.1, -0.05) is 54.6 Å². The van der Waals surface area contributed by atoms with Crippen molar-refractivity contribution in [1.82, 2.24) is 0 Å². The molecule has 0 aliphatic rings. The maximum Gasteiger partial charge on any atom is 0.300 e. The molecular weight excluding hydrogens is 344 g/mol. The average Bonchev–Trinajstić information content (AvgIpc) is 2.62. The Morgan fingerprint density at radius 2 is 0.889 bits per heavy atom. The van der Waals surface area contributed by atoms with Crippen LogP contribution in [-0.2, 0) is 10.2 Å². The van der Waals surface area contributed by atoms with Gasteiger partial charge in [0.1, 0.15) is 17.2 Å². The zero-order chi connectivity index (χ0) is 20.0. The summed E-state index contributed by atoms with van der Waals surface area (Å²) in [4.78, 5) is 9.00. The fourth-order valence-corrected chi connectivity index (χ4v) is 3.12. The van der Waals surface area contributed by atoms with Gasteiger partial charge in [0.2, 0.25) is 0 Å². The molecule has 140 valence electrons. The van der Waals surface area contributed by atoms with Gasteiger partial charge in [0.15, 0.2) is 0 Å². The lowest BCUT2D eigenvalue weighted by atomic mass is 9.70. The Balaban J connectivity index is 0.000000596. The number of phenolic OH excluding ortho intramolecular Hbond substituents is 3. The van der Waals surface area contributed by atoms with Crippen LogP contribution in [0.3, 0.4) is 0 Å². The minimum Gasteiger partial charge on any atom is -0.508 e. The van der Waals surface area contributed by atoms with E-state index in [0.717, 1.165) is 6.92 Å². The van der Waals surface area contributed by atoms with E-state index in [9.17, 15) is 15.3 Å². The maximum atomic E-state index is 10.4. The van der Waals surface area contributed by atoms with Crippen molar-refractivity contribution in [2.75, 3.05) is 0 Å². The van der Waals surface area contributed by atoms with Crippen LogP contribution in [0, 0.1) is 0 Å². The Labute approximate surface area is 157 Å². The predicted molar refractivity (Wildman–Crippen MR) is 103 cm³/mol. The highest BCUT2D eigenvalue weighted by atomic mass is 16.4. The van der Waals surface area contributed by atoms with Crippen molar-refractivity contribution < 1.29 is 25.2 Å². The van der Waals surface area contributed by atoms with Crippen molar-refractivity contribution >= 4 is 5.97 Å². The van der Waals surface area contributed by atoms with E-state index in [1.807, 2.05) is 25.1 Å². The van der Waals surface area contributed by atoms with Crippen LogP contribution in [0.5, 0.6) is 17.2 Å². The summed E-state index contributed by atoms with van der Waals surface area (Å²) in [5, 5.41) is 38.6. The molecule has 0 aromatic heterocycles. The summed E-state index contributed by atoms with van der Waals surface area (Å²) < 4.78 is 0. The summed E-state index contributed by atoms with van der Waals surface area (Å²) in [5.41, 5.74) is 0.941. The molecule has 0 fully saturated rings. The third-order valence-electron chi connectivity index (χ3n) is 4.33. The molecule has 4 N–H and O–H groups in total. The average molecular weight is 366 g/mol. The largest absolute Gasteiger partial charge is 0.508 e. The first kappa shape index (κ1) is 19.8. The molecule has 27 heavy (non-hydrogen) atoms. The number of benzene rings is 3. The van der Waals surface area contributed by atoms with E-state index in [4.69, 9.17) is 9.90 Å². The Hall–Kier alpha value is -3.47. The van der Waals surface area contributed by atoms with Crippen LogP contribution in [0.4, 0.5) is 0 Å². The van der Waals surface area contributed by atoms with Gasteiger partial charge in [-0.3, -0.25) is 4.79 Å². The molecule has 3 aromatic carbocycles. The molecule has 0 radical (unpaired) electrons. The molecular formula is C22H22O5. The lowest BCUT2D eigenvalue weighted by Gasteiger charge is -2.33. The first-order valence-electron chi connectivity index (χ1n) is 8.33. The number of rotatable bonds is 3. The molecule has 0 unspecified atom stereocenters. The van der Waals surface area contributed by atoms with Crippen molar-refractivity contribution in [1.29, 1.82) is 0 Å². The molecule has 0 aliphatic heterocycles. The summed E-state index contributed by atoms with van der Waals surface area (Å²) >= 11 is 0. The van der Waals surface area contributed by atoms with E-state index in [0.29, 0.717) is 16.7 Å². The summed E-state index contributed by atoms with van der Waals surface area (Å²) in [6, 6.07) is 20.9. The molecule has 0 spiro atoms. The Kier molecular flexibility index (Phi) is 6.08. The highest BCUT2D eigenvalue weighted by Gasteiger charge is 2.37. The van der Waals surface area contributed by atoms with Crippen molar-refractivity contribution in [3.05, 3.63) is 89.5 Å². The van der Waals surface area contributed by atoms with E-state index in [-0.39, 0.29) is 17.2 Å². The first-order chi connectivity index (χ1) is 12.8. The summed E-state index contributed by atoms with van der Waals surface area (Å²) in [7, 11) is 0. The van der Waals surface area contributed by atoms with Crippen LogP contribution in [-0.4, -0.2) is 26.4 Å². The molecule has 0 bridgehead atoms. The fraction of sp³-hybridized carbons (Fsp3) is 0.136. The van der Waals surface area contributed by atoms with Crippen molar-refractivity contribution in [3.63, 3.8) is 0 Å². The molecule has 0 heterocycles. The van der Waals surface area contributed by atoms with Gasteiger partial charge in [0, 0.05) is 23.6 Å². The van der Waals surface area contributed by atoms with Gasteiger partial charge in [-0.25, -0.2) is 0 Å². The van der Waals surface area contributed by atoms with Crippen LogP contribution in [0.25, 0.3) is 0 Å². The second kappa shape index (κ2) is 8.27. The van der Waals surface area contributed by atoms with Gasteiger partial charge in [0.25, 0.3) is 5.97 Å². The third-order valence-corrected chi connectivity index (χ3v) is 4.33. The van der Waals surface area contributed by atoms with E-state index in [2.05, 4.69) is 0 Å². The molecule has 3 rings (SSSR count). The number of hydrogen-bond acceptors (Lipinski definition) is 4. The van der Waals surface area contributed by atoms with E-state index in [1.54, 1.807) is 54.6 Å². The smallest absolute Gasteiger partial charge is 0.300 e. The normalized spacial score (nSPS) is 10.6. The number of aromatic hydroxyl groups is 3. The highest BCUT2D eigenvalue weighted by molar-refractivity contribution is 5.63. The number of aliphatic carboxylic acids is 1. The van der Waals surface area contributed by atoms with Crippen LogP contribution >= 0.6 is 0 Å². The van der Waals surface area contributed by atoms with Crippen molar-refractivity contribution in [3.8, 4) is 17.2 Å².